The molecule has 0 radical (unpaired) electrons. The molecule has 3 rings (SSSR count). The highest BCUT2D eigenvalue weighted by atomic mass is 32.2. The second-order valence-corrected chi connectivity index (χ2v) is 6.58. The van der Waals surface area contributed by atoms with Gasteiger partial charge >= 0.3 is 0 Å². The third kappa shape index (κ3) is 3.20. The molecule has 130 valence electrons. The van der Waals surface area contributed by atoms with Crippen LogP contribution in [0.25, 0.3) is 0 Å². The number of nitrogens with zero attached hydrogens (tertiary/aromatic N) is 3. The largest absolute Gasteiger partial charge is 0.470 e. The van der Waals surface area contributed by atoms with Crippen molar-refractivity contribution in [2.45, 2.75) is 24.3 Å². The summed E-state index contributed by atoms with van der Waals surface area (Å²) in [5, 5.41) is 16.8. The number of rotatable bonds is 4. The molecular weight excluding hydrogens is 346 g/mol. The first-order valence-electron chi connectivity index (χ1n) is 7.27. The standard InChI is InChI=1S/C15H15N5O4S/c1-15(2)14(21)19-13-11(24-15)12(16-7-17-13)18-8-4-5-9(20(22)23)10(6-8)25-3/h4-7H,1-3H3,(H2,16,17,18,19,21). The number of nitrogens with one attached hydrogen (secondary N) is 2. The minimum absolute atomic E-state index is 0.0346. The Morgan fingerprint density at radius 2 is 2.12 bits per heavy atom. The van der Waals surface area contributed by atoms with Crippen molar-refractivity contribution in [2.24, 2.45) is 0 Å². The fourth-order valence-electron chi connectivity index (χ4n) is 2.25. The van der Waals surface area contributed by atoms with Crippen LogP contribution in [-0.2, 0) is 4.79 Å². The summed E-state index contributed by atoms with van der Waals surface area (Å²) >= 11 is 1.27. The Labute approximate surface area is 147 Å². The maximum atomic E-state index is 11.9. The molecule has 10 heteroatoms. The van der Waals surface area contributed by atoms with Crippen molar-refractivity contribution in [1.82, 2.24) is 9.97 Å². The number of anilines is 3. The highest BCUT2D eigenvalue weighted by molar-refractivity contribution is 7.98. The number of amides is 1. The summed E-state index contributed by atoms with van der Waals surface area (Å²) in [4.78, 5) is 31.2. The number of carbonyl (C=O) groups is 1. The van der Waals surface area contributed by atoms with Crippen molar-refractivity contribution in [3.05, 3.63) is 34.6 Å². The summed E-state index contributed by atoms with van der Waals surface area (Å²) < 4.78 is 5.74. The molecule has 2 aromatic rings. The number of hydrogen-bond donors (Lipinski definition) is 2. The molecule has 1 aliphatic rings. The maximum absolute atomic E-state index is 11.9. The molecule has 0 fully saturated rings. The monoisotopic (exact) mass is 361 g/mol. The molecule has 1 amide bonds. The van der Waals surface area contributed by atoms with Gasteiger partial charge in [0.15, 0.2) is 17.2 Å². The van der Waals surface area contributed by atoms with Gasteiger partial charge < -0.3 is 15.4 Å². The van der Waals surface area contributed by atoms with E-state index in [0.717, 1.165) is 0 Å². The molecule has 0 atom stereocenters. The summed E-state index contributed by atoms with van der Waals surface area (Å²) in [6.45, 7) is 3.28. The van der Waals surface area contributed by atoms with Crippen LogP contribution in [0.4, 0.5) is 23.0 Å². The lowest BCUT2D eigenvalue weighted by atomic mass is 10.1. The van der Waals surface area contributed by atoms with Crippen molar-refractivity contribution >= 4 is 40.7 Å². The van der Waals surface area contributed by atoms with Crippen LogP contribution in [0, 0.1) is 10.1 Å². The Kier molecular flexibility index (Phi) is 4.21. The van der Waals surface area contributed by atoms with Gasteiger partial charge in [-0.25, -0.2) is 9.97 Å². The number of aromatic nitrogens is 2. The van der Waals surface area contributed by atoms with Gasteiger partial charge in [-0.3, -0.25) is 14.9 Å². The van der Waals surface area contributed by atoms with Gasteiger partial charge in [-0.2, -0.15) is 0 Å². The van der Waals surface area contributed by atoms with Gasteiger partial charge in [-0.05, 0) is 32.2 Å². The quantitative estimate of drug-likeness (QED) is 0.484. The number of thioether (sulfide) groups is 1. The second-order valence-electron chi connectivity index (χ2n) is 5.74. The molecule has 0 bridgehead atoms. The lowest BCUT2D eigenvalue weighted by Gasteiger charge is -2.31. The highest BCUT2D eigenvalue weighted by Gasteiger charge is 2.37. The summed E-state index contributed by atoms with van der Waals surface area (Å²) in [5.41, 5.74) is -0.421. The van der Waals surface area contributed by atoms with Gasteiger partial charge in [0.1, 0.15) is 6.33 Å². The molecule has 1 aliphatic heterocycles. The molecule has 0 spiro atoms. The Hall–Kier alpha value is -2.88. The average molecular weight is 361 g/mol. The van der Waals surface area contributed by atoms with E-state index in [1.165, 1.54) is 24.2 Å². The topological polar surface area (TPSA) is 119 Å². The highest BCUT2D eigenvalue weighted by Crippen LogP contribution is 2.39. The van der Waals surface area contributed by atoms with Gasteiger partial charge in [0.2, 0.25) is 5.75 Å². The third-order valence-electron chi connectivity index (χ3n) is 3.58. The van der Waals surface area contributed by atoms with Gasteiger partial charge in [0, 0.05) is 11.8 Å². The zero-order chi connectivity index (χ0) is 18.2. The fraction of sp³-hybridized carbons (Fsp3) is 0.267. The SMILES string of the molecule is CSc1cc(Nc2ncnc3c2OC(C)(C)C(=O)N3)ccc1[N+](=O)[O-]. The first-order valence-corrected chi connectivity index (χ1v) is 8.49. The van der Waals surface area contributed by atoms with Crippen LogP contribution in [0.3, 0.4) is 0 Å². The number of carbonyl (C=O) groups excluding carboxylic acids is 1. The zero-order valence-electron chi connectivity index (χ0n) is 13.7. The number of nitro benzene ring substituents is 1. The number of fused-ring (bicyclic) bond motifs is 1. The van der Waals surface area contributed by atoms with Crippen LogP contribution in [0.1, 0.15) is 13.8 Å². The van der Waals surface area contributed by atoms with E-state index >= 15 is 0 Å². The van der Waals surface area contributed by atoms with Crippen LogP contribution in [0.2, 0.25) is 0 Å². The van der Waals surface area contributed by atoms with E-state index in [1.54, 1.807) is 32.2 Å². The molecule has 0 saturated carbocycles. The van der Waals surface area contributed by atoms with E-state index in [1.807, 2.05) is 0 Å². The number of hydrogen-bond acceptors (Lipinski definition) is 8. The first-order chi connectivity index (χ1) is 11.8. The zero-order valence-corrected chi connectivity index (χ0v) is 14.5. The Balaban J connectivity index is 1.96. The summed E-state index contributed by atoms with van der Waals surface area (Å²) in [7, 11) is 0. The Bertz CT molecular complexity index is 871. The van der Waals surface area contributed by atoms with Crippen LogP contribution >= 0.6 is 11.8 Å². The van der Waals surface area contributed by atoms with E-state index < -0.39 is 10.5 Å². The summed E-state index contributed by atoms with van der Waals surface area (Å²) in [6, 6.07) is 4.66. The molecule has 2 heterocycles. The molecule has 0 aliphatic carbocycles. The minimum Gasteiger partial charge on any atom is -0.470 e. The molecule has 9 nitrogen and oxygen atoms in total. The molecule has 1 aromatic heterocycles. The van der Waals surface area contributed by atoms with Gasteiger partial charge in [-0.15, -0.1) is 11.8 Å². The normalized spacial score (nSPS) is 14.9. The third-order valence-corrected chi connectivity index (χ3v) is 4.35. The van der Waals surface area contributed by atoms with E-state index in [0.29, 0.717) is 22.2 Å². The van der Waals surface area contributed by atoms with Crippen molar-refractivity contribution in [3.8, 4) is 5.75 Å². The van der Waals surface area contributed by atoms with Crippen LogP contribution < -0.4 is 15.4 Å². The van der Waals surface area contributed by atoms with E-state index in [2.05, 4.69) is 20.6 Å². The van der Waals surface area contributed by atoms with Crippen molar-refractivity contribution in [2.75, 3.05) is 16.9 Å². The van der Waals surface area contributed by atoms with Crippen LogP contribution in [0.15, 0.2) is 29.4 Å². The number of nitro groups is 1. The van der Waals surface area contributed by atoms with Crippen molar-refractivity contribution < 1.29 is 14.5 Å². The maximum Gasteiger partial charge on any atom is 0.283 e. The summed E-state index contributed by atoms with van der Waals surface area (Å²) in [6.07, 6.45) is 3.06. The lowest BCUT2D eigenvalue weighted by molar-refractivity contribution is -0.387. The predicted octanol–water partition coefficient (Wildman–Crippen LogP) is 2.96. The lowest BCUT2D eigenvalue weighted by Crippen LogP contribution is -2.46. The average Bonchev–Trinajstić information content (AvgIpc) is 2.56. The van der Waals surface area contributed by atoms with Crippen LogP contribution in [-0.4, -0.2) is 32.7 Å². The molecule has 1 aromatic carbocycles. The molecule has 25 heavy (non-hydrogen) atoms. The fourth-order valence-corrected chi connectivity index (χ4v) is 2.85. The van der Waals surface area contributed by atoms with Gasteiger partial charge in [-0.1, -0.05) is 0 Å². The van der Waals surface area contributed by atoms with E-state index in [9.17, 15) is 14.9 Å². The van der Waals surface area contributed by atoms with E-state index in [4.69, 9.17) is 4.74 Å². The molecule has 0 unspecified atom stereocenters. The smallest absolute Gasteiger partial charge is 0.283 e. The number of benzene rings is 1. The molecule has 2 N–H and O–H groups in total. The minimum atomic E-state index is -1.06. The second kappa shape index (κ2) is 6.20. The molecular formula is C15H15N5O4S. The first kappa shape index (κ1) is 17.0. The Morgan fingerprint density at radius 1 is 1.36 bits per heavy atom. The van der Waals surface area contributed by atoms with Gasteiger partial charge in [0.05, 0.1) is 9.82 Å². The van der Waals surface area contributed by atoms with Crippen molar-refractivity contribution in [1.29, 1.82) is 0 Å². The van der Waals surface area contributed by atoms with Crippen LogP contribution in [0.5, 0.6) is 5.75 Å². The van der Waals surface area contributed by atoms with Gasteiger partial charge in [0.25, 0.3) is 11.6 Å². The van der Waals surface area contributed by atoms with E-state index in [-0.39, 0.29) is 17.4 Å². The number of ether oxygens (including phenoxy) is 1. The van der Waals surface area contributed by atoms with Crippen molar-refractivity contribution in [3.63, 3.8) is 0 Å². The Morgan fingerprint density at radius 3 is 2.80 bits per heavy atom. The molecule has 0 saturated heterocycles. The predicted molar refractivity (Wildman–Crippen MR) is 93.5 cm³/mol. The summed E-state index contributed by atoms with van der Waals surface area (Å²) in [5.74, 6) is 0.647.